The summed E-state index contributed by atoms with van der Waals surface area (Å²) in [7, 11) is 1.82. The predicted octanol–water partition coefficient (Wildman–Crippen LogP) is 1.11. The fourth-order valence-corrected chi connectivity index (χ4v) is 1.11. The second-order valence-corrected chi connectivity index (χ2v) is 2.76. The maximum Gasteiger partial charge on any atom is 0.0685 e. The van der Waals surface area contributed by atoms with Crippen molar-refractivity contribution in [1.29, 1.82) is 0 Å². The molecule has 0 bridgehead atoms. The fourth-order valence-electron chi connectivity index (χ4n) is 1.11. The molecular weight excluding hydrogens is 152 g/mol. The number of aliphatic hydroxyl groups excluding tert-OH is 1. The minimum atomic E-state index is 0.0333. The van der Waals surface area contributed by atoms with Gasteiger partial charge in [-0.1, -0.05) is 0 Å². The largest absolute Gasteiger partial charge is 0.398 e. The Morgan fingerprint density at radius 1 is 1.50 bits per heavy atom. The first-order valence-corrected chi connectivity index (χ1v) is 3.86. The van der Waals surface area contributed by atoms with E-state index in [1.165, 1.54) is 0 Å². The van der Waals surface area contributed by atoms with E-state index >= 15 is 0 Å². The van der Waals surface area contributed by atoms with E-state index in [0.29, 0.717) is 5.69 Å². The molecule has 0 unspecified atom stereocenters. The number of nitrogen functional groups attached to an aromatic ring is 1. The zero-order valence-electron chi connectivity index (χ0n) is 7.39. The maximum absolute atomic E-state index is 8.98. The van der Waals surface area contributed by atoms with Crippen molar-refractivity contribution in [3.63, 3.8) is 0 Å². The number of rotatable bonds is 2. The van der Waals surface area contributed by atoms with E-state index in [2.05, 4.69) is 5.32 Å². The van der Waals surface area contributed by atoms with E-state index in [4.69, 9.17) is 10.8 Å². The molecule has 0 aliphatic heterocycles. The van der Waals surface area contributed by atoms with Crippen LogP contribution in [-0.2, 0) is 6.61 Å². The number of benzene rings is 1. The van der Waals surface area contributed by atoms with Gasteiger partial charge in [0.25, 0.3) is 0 Å². The van der Waals surface area contributed by atoms with E-state index in [-0.39, 0.29) is 6.61 Å². The second kappa shape index (κ2) is 3.45. The number of aliphatic hydroxyl groups is 1. The van der Waals surface area contributed by atoms with Crippen molar-refractivity contribution in [2.75, 3.05) is 18.1 Å². The smallest absolute Gasteiger partial charge is 0.0685 e. The minimum absolute atomic E-state index is 0.0333. The van der Waals surface area contributed by atoms with Gasteiger partial charge in [-0.3, -0.25) is 0 Å². The average molecular weight is 166 g/mol. The van der Waals surface area contributed by atoms with E-state index in [1.54, 1.807) is 0 Å². The number of nitrogens with one attached hydrogen (secondary N) is 1. The van der Waals surface area contributed by atoms with Crippen LogP contribution in [0.25, 0.3) is 0 Å². The van der Waals surface area contributed by atoms with Crippen LogP contribution in [-0.4, -0.2) is 12.2 Å². The normalized spacial score (nSPS) is 9.92. The predicted molar refractivity (Wildman–Crippen MR) is 51.1 cm³/mol. The molecular formula is C9H14N2O. The van der Waals surface area contributed by atoms with Crippen molar-refractivity contribution in [2.45, 2.75) is 13.5 Å². The van der Waals surface area contributed by atoms with Gasteiger partial charge in [0.15, 0.2) is 0 Å². The molecule has 0 atom stereocenters. The highest BCUT2D eigenvalue weighted by atomic mass is 16.3. The topological polar surface area (TPSA) is 58.3 Å². The van der Waals surface area contributed by atoms with Crippen LogP contribution >= 0.6 is 0 Å². The molecule has 1 rings (SSSR count). The minimum Gasteiger partial charge on any atom is -0.398 e. The average Bonchev–Trinajstić information content (AvgIpc) is 2.09. The van der Waals surface area contributed by atoms with E-state index in [0.717, 1.165) is 16.8 Å². The van der Waals surface area contributed by atoms with Crippen LogP contribution in [0.15, 0.2) is 12.1 Å². The van der Waals surface area contributed by atoms with Crippen LogP contribution in [0.2, 0.25) is 0 Å². The number of hydrogen-bond acceptors (Lipinski definition) is 3. The molecule has 0 saturated carbocycles. The molecule has 0 amide bonds. The molecule has 0 aliphatic carbocycles. The van der Waals surface area contributed by atoms with E-state index in [1.807, 2.05) is 26.1 Å². The van der Waals surface area contributed by atoms with Gasteiger partial charge in [0.2, 0.25) is 0 Å². The van der Waals surface area contributed by atoms with Crippen LogP contribution in [0.3, 0.4) is 0 Å². The van der Waals surface area contributed by atoms with E-state index < -0.39 is 0 Å². The molecule has 0 heterocycles. The van der Waals surface area contributed by atoms with Gasteiger partial charge in [-0.2, -0.15) is 0 Å². The monoisotopic (exact) mass is 166 g/mol. The Balaban J connectivity index is 3.19. The third-order valence-corrected chi connectivity index (χ3v) is 2.01. The molecule has 0 saturated heterocycles. The number of nitrogens with two attached hydrogens (primary N) is 1. The molecule has 0 aliphatic rings. The van der Waals surface area contributed by atoms with Crippen LogP contribution in [0.5, 0.6) is 0 Å². The molecule has 0 fully saturated rings. The van der Waals surface area contributed by atoms with Gasteiger partial charge >= 0.3 is 0 Å². The summed E-state index contributed by atoms with van der Waals surface area (Å²) in [5.41, 5.74) is 9.20. The summed E-state index contributed by atoms with van der Waals surface area (Å²) in [5.74, 6) is 0. The van der Waals surface area contributed by atoms with Crippen LogP contribution < -0.4 is 11.1 Å². The first-order chi connectivity index (χ1) is 5.69. The van der Waals surface area contributed by atoms with Gasteiger partial charge in [0.1, 0.15) is 0 Å². The van der Waals surface area contributed by atoms with Crippen molar-refractivity contribution in [1.82, 2.24) is 0 Å². The van der Waals surface area contributed by atoms with Gasteiger partial charge in [0.05, 0.1) is 6.61 Å². The summed E-state index contributed by atoms with van der Waals surface area (Å²) >= 11 is 0. The summed E-state index contributed by atoms with van der Waals surface area (Å²) in [4.78, 5) is 0. The molecule has 12 heavy (non-hydrogen) atoms. The van der Waals surface area contributed by atoms with E-state index in [9.17, 15) is 0 Å². The first kappa shape index (κ1) is 8.87. The summed E-state index contributed by atoms with van der Waals surface area (Å²) in [6.45, 7) is 1.94. The lowest BCUT2D eigenvalue weighted by molar-refractivity contribution is 0.281. The molecule has 1 aromatic carbocycles. The molecule has 1 aromatic rings. The highest BCUT2D eigenvalue weighted by molar-refractivity contribution is 5.61. The van der Waals surface area contributed by atoms with Gasteiger partial charge < -0.3 is 16.2 Å². The molecule has 0 spiro atoms. The molecule has 0 radical (unpaired) electrons. The molecule has 3 nitrogen and oxygen atoms in total. The van der Waals surface area contributed by atoms with Crippen molar-refractivity contribution in [3.8, 4) is 0 Å². The molecule has 3 heteroatoms. The molecule has 4 N–H and O–H groups in total. The van der Waals surface area contributed by atoms with Gasteiger partial charge in [-0.05, 0) is 30.2 Å². The Labute approximate surface area is 72.2 Å². The summed E-state index contributed by atoms with van der Waals surface area (Å²) in [6, 6.07) is 3.75. The van der Waals surface area contributed by atoms with Crippen molar-refractivity contribution >= 4 is 11.4 Å². The van der Waals surface area contributed by atoms with Crippen LogP contribution in [0.4, 0.5) is 11.4 Å². The highest BCUT2D eigenvalue weighted by Crippen LogP contribution is 2.21. The summed E-state index contributed by atoms with van der Waals surface area (Å²) in [5, 5.41) is 12.0. The summed E-state index contributed by atoms with van der Waals surface area (Å²) in [6.07, 6.45) is 0. The Kier molecular flexibility index (Phi) is 2.55. The SMILES string of the molecule is CNc1cc(N)c(C)c(CO)c1. The fraction of sp³-hybridized carbons (Fsp3) is 0.333. The van der Waals surface area contributed by atoms with Crippen molar-refractivity contribution in [2.24, 2.45) is 0 Å². The molecule has 66 valence electrons. The Morgan fingerprint density at radius 3 is 2.67 bits per heavy atom. The third-order valence-electron chi connectivity index (χ3n) is 2.01. The summed E-state index contributed by atoms with van der Waals surface area (Å²) < 4.78 is 0. The van der Waals surface area contributed by atoms with Gasteiger partial charge in [-0.15, -0.1) is 0 Å². The van der Waals surface area contributed by atoms with Crippen LogP contribution in [0.1, 0.15) is 11.1 Å². The highest BCUT2D eigenvalue weighted by Gasteiger charge is 2.02. The Bertz CT molecular complexity index is 284. The maximum atomic E-state index is 8.98. The lowest BCUT2D eigenvalue weighted by Gasteiger charge is -2.09. The van der Waals surface area contributed by atoms with Crippen molar-refractivity contribution < 1.29 is 5.11 Å². The first-order valence-electron chi connectivity index (χ1n) is 3.86. The van der Waals surface area contributed by atoms with Crippen molar-refractivity contribution in [3.05, 3.63) is 23.3 Å². The standard InChI is InChI=1S/C9H14N2O/c1-6-7(5-12)3-8(11-2)4-9(6)10/h3-4,11-12H,5,10H2,1-2H3. The molecule has 0 aromatic heterocycles. The van der Waals surface area contributed by atoms with Gasteiger partial charge in [0, 0.05) is 18.4 Å². The quantitative estimate of drug-likeness (QED) is 0.577. The Hall–Kier alpha value is -1.22. The van der Waals surface area contributed by atoms with Gasteiger partial charge in [-0.25, -0.2) is 0 Å². The lowest BCUT2D eigenvalue weighted by atomic mass is 10.1. The number of anilines is 2. The third kappa shape index (κ3) is 1.51. The lowest BCUT2D eigenvalue weighted by Crippen LogP contribution is -1.98. The zero-order valence-corrected chi connectivity index (χ0v) is 7.39. The number of hydrogen-bond donors (Lipinski definition) is 3. The van der Waals surface area contributed by atoms with Crippen LogP contribution in [0, 0.1) is 6.92 Å². The second-order valence-electron chi connectivity index (χ2n) is 2.76. The zero-order chi connectivity index (χ0) is 9.14. The Morgan fingerprint density at radius 2 is 2.17 bits per heavy atom.